The van der Waals surface area contributed by atoms with Gasteiger partial charge in [0.1, 0.15) is 5.02 Å². The fraction of sp³-hybridized carbons (Fsp3) is 0.562. The lowest BCUT2D eigenvalue weighted by Crippen LogP contribution is -2.40. The zero-order valence-corrected chi connectivity index (χ0v) is 13.7. The van der Waals surface area contributed by atoms with Gasteiger partial charge in [-0.25, -0.2) is 4.98 Å². The minimum atomic E-state index is -0.715. The predicted octanol–water partition coefficient (Wildman–Crippen LogP) is 2.46. The maximum atomic E-state index is 12.5. The van der Waals surface area contributed by atoms with Gasteiger partial charge in [0, 0.05) is 19.3 Å². The van der Waals surface area contributed by atoms with E-state index in [-0.39, 0.29) is 17.2 Å². The number of amides is 1. The van der Waals surface area contributed by atoms with E-state index in [1.807, 2.05) is 6.92 Å². The number of carboxylic acids is 1. The summed E-state index contributed by atoms with van der Waals surface area (Å²) in [6.07, 6.45) is 3.70. The van der Waals surface area contributed by atoms with E-state index < -0.39 is 5.97 Å². The Morgan fingerprint density at radius 2 is 2.17 bits per heavy atom. The summed E-state index contributed by atoms with van der Waals surface area (Å²) in [4.78, 5) is 29.4. The average molecular weight is 339 g/mol. The molecule has 1 aliphatic heterocycles. The van der Waals surface area contributed by atoms with Crippen LogP contribution in [0.2, 0.25) is 5.02 Å². The lowest BCUT2D eigenvalue weighted by atomic mass is 9.90. The molecule has 1 N–H and O–H groups in total. The number of aromatic nitrogens is 1. The van der Waals surface area contributed by atoms with Crippen LogP contribution in [0.3, 0.4) is 0 Å². The zero-order chi connectivity index (χ0) is 16.6. The maximum absolute atomic E-state index is 12.5. The van der Waals surface area contributed by atoms with Gasteiger partial charge in [-0.05, 0) is 37.7 Å². The van der Waals surface area contributed by atoms with Crippen LogP contribution < -0.4 is 4.74 Å². The number of hydrogen-bond donors (Lipinski definition) is 1. The van der Waals surface area contributed by atoms with Crippen LogP contribution in [0.5, 0.6) is 5.88 Å². The molecule has 1 saturated carbocycles. The van der Waals surface area contributed by atoms with Gasteiger partial charge >= 0.3 is 5.97 Å². The highest BCUT2D eigenvalue weighted by Gasteiger charge is 2.59. The third-order valence-electron chi connectivity index (χ3n) is 4.87. The molecule has 1 spiro atoms. The summed E-state index contributed by atoms with van der Waals surface area (Å²) < 4.78 is 5.26. The van der Waals surface area contributed by atoms with Crippen molar-refractivity contribution < 1.29 is 19.4 Å². The molecule has 1 aromatic heterocycles. The van der Waals surface area contributed by atoms with Crippen LogP contribution in [-0.4, -0.2) is 46.6 Å². The second-order valence-electron chi connectivity index (χ2n) is 6.19. The number of carboxylic acid groups (broad SMARTS) is 1. The molecule has 0 radical (unpaired) electrons. The molecular weight excluding hydrogens is 320 g/mol. The first-order chi connectivity index (χ1) is 11.0. The summed E-state index contributed by atoms with van der Waals surface area (Å²) in [7, 11) is 0. The molecule has 1 aliphatic carbocycles. The van der Waals surface area contributed by atoms with Crippen LogP contribution in [0.1, 0.15) is 36.5 Å². The van der Waals surface area contributed by atoms with Crippen molar-refractivity contribution in [2.24, 2.45) is 11.3 Å². The Labute approximate surface area is 139 Å². The highest BCUT2D eigenvalue weighted by atomic mass is 35.5. The highest BCUT2D eigenvalue weighted by molar-refractivity contribution is 6.32. The van der Waals surface area contributed by atoms with Crippen LogP contribution in [0.4, 0.5) is 0 Å². The molecule has 3 rings (SSSR count). The van der Waals surface area contributed by atoms with Crippen LogP contribution in [0.25, 0.3) is 0 Å². The molecule has 2 aliphatic rings. The number of halogens is 1. The number of nitrogens with zero attached hydrogens (tertiary/aromatic N) is 2. The number of hydrogen-bond acceptors (Lipinski definition) is 4. The molecule has 0 aromatic carbocycles. The number of carbonyl (C=O) groups excluding carboxylic acids is 1. The van der Waals surface area contributed by atoms with Gasteiger partial charge in [-0.3, -0.25) is 9.59 Å². The van der Waals surface area contributed by atoms with E-state index in [1.54, 1.807) is 11.0 Å². The van der Waals surface area contributed by atoms with Crippen molar-refractivity contribution in [1.82, 2.24) is 9.88 Å². The number of piperidine rings is 1. The number of likely N-dealkylation sites (tertiary alicyclic amines) is 1. The summed E-state index contributed by atoms with van der Waals surface area (Å²) in [6.45, 7) is 3.45. The SMILES string of the molecule is CCOc1ncc(C(=O)N2CCC3(CC2)CC3C(=O)O)cc1Cl. The third kappa shape index (κ3) is 3.00. The van der Waals surface area contributed by atoms with Crippen LogP contribution in [-0.2, 0) is 4.79 Å². The van der Waals surface area contributed by atoms with Crippen LogP contribution in [0.15, 0.2) is 12.3 Å². The Balaban J connectivity index is 1.64. The molecule has 6 nitrogen and oxygen atoms in total. The molecule has 1 amide bonds. The first kappa shape index (κ1) is 16.1. The van der Waals surface area contributed by atoms with Gasteiger partial charge in [0.05, 0.1) is 18.1 Å². The molecule has 2 heterocycles. The van der Waals surface area contributed by atoms with Crippen molar-refractivity contribution in [2.45, 2.75) is 26.2 Å². The predicted molar refractivity (Wildman–Crippen MR) is 83.7 cm³/mol. The molecule has 1 aromatic rings. The molecule has 1 unspecified atom stereocenters. The van der Waals surface area contributed by atoms with Crippen molar-refractivity contribution in [3.8, 4) is 5.88 Å². The van der Waals surface area contributed by atoms with Crippen molar-refractivity contribution in [3.05, 3.63) is 22.8 Å². The number of ether oxygens (including phenoxy) is 1. The van der Waals surface area contributed by atoms with Crippen molar-refractivity contribution in [1.29, 1.82) is 0 Å². The van der Waals surface area contributed by atoms with Gasteiger partial charge in [-0.15, -0.1) is 0 Å². The van der Waals surface area contributed by atoms with Crippen molar-refractivity contribution >= 4 is 23.5 Å². The van der Waals surface area contributed by atoms with E-state index in [4.69, 9.17) is 21.4 Å². The second kappa shape index (κ2) is 6.00. The molecule has 23 heavy (non-hydrogen) atoms. The van der Waals surface area contributed by atoms with Gasteiger partial charge in [0.25, 0.3) is 5.91 Å². The Hall–Kier alpha value is -1.82. The number of pyridine rings is 1. The topological polar surface area (TPSA) is 79.7 Å². The van der Waals surface area contributed by atoms with Crippen molar-refractivity contribution in [3.63, 3.8) is 0 Å². The van der Waals surface area contributed by atoms with Crippen LogP contribution >= 0.6 is 11.6 Å². The molecule has 2 fully saturated rings. The first-order valence-electron chi connectivity index (χ1n) is 7.77. The highest BCUT2D eigenvalue weighted by Crippen LogP contribution is 2.59. The number of aliphatic carboxylic acids is 1. The van der Waals surface area contributed by atoms with E-state index in [0.29, 0.717) is 36.2 Å². The summed E-state index contributed by atoms with van der Waals surface area (Å²) in [6, 6.07) is 1.57. The van der Waals surface area contributed by atoms with Crippen molar-refractivity contribution in [2.75, 3.05) is 19.7 Å². The molecule has 7 heteroatoms. The smallest absolute Gasteiger partial charge is 0.307 e. The zero-order valence-electron chi connectivity index (χ0n) is 12.9. The Morgan fingerprint density at radius 1 is 1.48 bits per heavy atom. The quantitative estimate of drug-likeness (QED) is 0.912. The first-order valence-corrected chi connectivity index (χ1v) is 8.15. The standard InChI is InChI=1S/C16H19ClN2O4/c1-2-23-13-12(17)7-10(9-18-13)14(20)19-5-3-16(4-6-19)8-11(16)15(21)22/h7,9,11H,2-6,8H2,1H3,(H,21,22). The monoisotopic (exact) mass is 338 g/mol. The third-order valence-corrected chi connectivity index (χ3v) is 5.14. The minimum absolute atomic E-state index is 0.0860. The van der Waals surface area contributed by atoms with Gasteiger partial charge in [-0.2, -0.15) is 0 Å². The van der Waals surface area contributed by atoms with Gasteiger partial charge in [0.15, 0.2) is 0 Å². The fourth-order valence-electron chi connectivity index (χ4n) is 3.37. The number of carbonyl (C=O) groups is 2. The fourth-order valence-corrected chi connectivity index (χ4v) is 3.59. The van der Waals surface area contributed by atoms with Crippen LogP contribution in [0, 0.1) is 11.3 Å². The maximum Gasteiger partial charge on any atom is 0.307 e. The Bertz CT molecular complexity index is 641. The minimum Gasteiger partial charge on any atom is -0.481 e. The lowest BCUT2D eigenvalue weighted by Gasteiger charge is -2.32. The Morgan fingerprint density at radius 3 is 2.70 bits per heavy atom. The summed E-state index contributed by atoms with van der Waals surface area (Å²) in [5, 5.41) is 9.43. The normalized spacial score (nSPS) is 22.0. The average Bonchev–Trinajstić information content (AvgIpc) is 3.24. The largest absolute Gasteiger partial charge is 0.481 e. The van der Waals surface area contributed by atoms with E-state index in [1.165, 1.54) is 6.20 Å². The second-order valence-corrected chi connectivity index (χ2v) is 6.60. The summed E-state index contributed by atoms with van der Waals surface area (Å²) >= 11 is 6.08. The molecule has 1 atom stereocenters. The lowest BCUT2D eigenvalue weighted by molar-refractivity contribution is -0.139. The summed E-state index contributed by atoms with van der Waals surface area (Å²) in [5.74, 6) is -0.746. The van der Waals surface area contributed by atoms with Gasteiger partial charge in [-0.1, -0.05) is 11.6 Å². The molecule has 124 valence electrons. The number of rotatable bonds is 4. The molecule has 1 saturated heterocycles. The molecule has 0 bridgehead atoms. The van der Waals surface area contributed by atoms with E-state index in [9.17, 15) is 9.59 Å². The van der Waals surface area contributed by atoms with E-state index in [2.05, 4.69) is 4.98 Å². The Kier molecular flexibility index (Phi) is 4.19. The van der Waals surface area contributed by atoms with Gasteiger partial charge < -0.3 is 14.7 Å². The molecular formula is C16H19ClN2O4. The van der Waals surface area contributed by atoms with Gasteiger partial charge in [0.2, 0.25) is 5.88 Å². The van der Waals surface area contributed by atoms with E-state index >= 15 is 0 Å². The van der Waals surface area contributed by atoms with E-state index in [0.717, 1.165) is 19.3 Å². The summed E-state index contributed by atoms with van der Waals surface area (Å²) in [5.41, 5.74) is 0.345.